The van der Waals surface area contributed by atoms with Crippen LogP contribution in [-0.4, -0.2) is 0 Å². The number of allylic oxidation sites excluding steroid dienone is 6. The molecule has 1 aliphatic rings. The molecule has 1 aliphatic carbocycles. The van der Waals surface area contributed by atoms with Crippen LogP contribution in [0.5, 0.6) is 0 Å². The molecule has 0 nitrogen and oxygen atoms in total. The van der Waals surface area contributed by atoms with E-state index >= 15 is 0 Å². The van der Waals surface area contributed by atoms with Crippen molar-refractivity contribution in [1.29, 1.82) is 0 Å². The van der Waals surface area contributed by atoms with Gasteiger partial charge in [0.05, 0.1) is 0 Å². The van der Waals surface area contributed by atoms with Crippen molar-refractivity contribution in [3.8, 4) is 0 Å². The van der Waals surface area contributed by atoms with Crippen molar-refractivity contribution in [3.63, 3.8) is 0 Å². The summed E-state index contributed by atoms with van der Waals surface area (Å²) in [4.78, 5) is 0. The van der Waals surface area contributed by atoms with Gasteiger partial charge in [-0.1, -0.05) is 30.4 Å². The molecule has 0 amide bonds. The van der Waals surface area contributed by atoms with Crippen LogP contribution in [-0.2, 0) is 0 Å². The van der Waals surface area contributed by atoms with Crippen molar-refractivity contribution in [2.45, 2.75) is 32.1 Å². The zero-order chi connectivity index (χ0) is 7.78. The van der Waals surface area contributed by atoms with Crippen LogP contribution in [0.15, 0.2) is 30.4 Å². The molecule has 0 heterocycles. The largest absolute Gasteiger partial charge is 0.0882 e. The minimum Gasteiger partial charge on any atom is -0.0882 e. The Morgan fingerprint density at radius 2 is 1.73 bits per heavy atom. The lowest BCUT2D eigenvalue weighted by Gasteiger charge is -1.90. The highest BCUT2D eigenvalue weighted by molar-refractivity contribution is 5.01. The quantitative estimate of drug-likeness (QED) is 0.460. The van der Waals surface area contributed by atoms with E-state index in [4.69, 9.17) is 0 Å². The van der Waals surface area contributed by atoms with Gasteiger partial charge < -0.3 is 0 Å². The van der Waals surface area contributed by atoms with Gasteiger partial charge in [0.15, 0.2) is 0 Å². The highest BCUT2D eigenvalue weighted by Crippen LogP contribution is 2.03. The maximum absolute atomic E-state index is 3.18. The molecular weight excluding hydrogens is 132 g/mol. The second kappa shape index (κ2) is 5.96. The van der Waals surface area contributed by atoms with Crippen LogP contribution in [0.4, 0.5) is 0 Å². The van der Waals surface area contributed by atoms with Gasteiger partial charge in [-0.3, -0.25) is 0 Å². The average Bonchev–Trinajstić information content (AvgIpc) is 2.08. The van der Waals surface area contributed by atoms with Crippen molar-refractivity contribution in [2.75, 3.05) is 0 Å². The molecule has 0 aromatic heterocycles. The van der Waals surface area contributed by atoms with Gasteiger partial charge in [0.25, 0.3) is 0 Å². The predicted octanol–water partition coefficient (Wildman–Crippen LogP) is 3.42. The zero-order valence-electron chi connectivity index (χ0n) is 6.92. The first-order valence-electron chi connectivity index (χ1n) is 4.37. The molecule has 0 bridgehead atoms. The molecule has 59 valence electrons. The Labute approximate surface area is 69.3 Å². The second-order valence-corrected chi connectivity index (χ2v) is 2.76. The summed E-state index contributed by atoms with van der Waals surface area (Å²) in [6, 6.07) is 0. The summed E-state index contributed by atoms with van der Waals surface area (Å²) >= 11 is 0. The minimum absolute atomic E-state index is 0.963. The molecule has 0 spiro atoms. The maximum Gasteiger partial charge on any atom is -0.00946 e. The third-order valence-electron chi connectivity index (χ3n) is 1.74. The van der Waals surface area contributed by atoms with Gasteiger partial charge in [0, 0.05) is 0 Å². The van der Waals surface area contributed by atoms with Crippen LogP contribution in [0.2, 0.25) is 0 Å². The molecule has 0 saturated heterocycles. The molecule has 0 N–H and O–H groups in total. The van der Waals surface area contributed by atoms with Crippen LogP contribution in [0.3, 0.4) is 0 Å². The van der Waals surface area contributed by atoms with Crippen molar-refractivity contribution in [2.24, 2.45) is 0 Å². The van der Waals surface area contributed by atoms with E-state index in [1.807, 2.05) is 6.08 Å². The van der Waals surface area contributed by atoms with E-state index in [2.05, 4.69) is 30.4 Å². The van der Waals surface area contributed by atoms with Gasteiger partial charge in [0.1, 0.15) is 0 Å². The van der Waals surface area contributed by atoms with Crippen LogP contribution >= 0.6 is 0 Å². The first-order chi connectivity index (χ1) is 5.50. The van der Waals surface area contributed by atoms with Crippen molar-refractivity contribution in [1.82, 2.24) is 0 Å². The number of hydrogen-bond acceptors (Lipinski definition) is 0. The van der Waals surface area contributed by atoms with E-state index in [0.717, 1.165) is 6.42 Å². The van der Waals surface area contributed by atoms with Gasteiger partial charge >= 0.3 is 0 Å². The van der Waals surface area contributed by atoms with Crippen molar-refractivity contribution >= 4 is 0 Å². The predicted molar refractivity (Wildman–Crippen MR) is 49.2 cm³/mol. The lowest BCUT2D eigenvalue weighted by atomic mass is 10.2. The number of hydrogen-bond donors (Lipinski definition) is 0. The average molecular weight is 147 g/mol. The fourth-order valence-electron chi connectivity index (χ4n) is 1.09. The summed E-state index contributed by atoms with van der Waals surface area (Å²) in [5.74, 6) is 0. The van der Waals surface area contributed by atoms with E-state index in [1.54, 1.807) is 0 Å². The Bertz CT molecular complexity index is 161. The summed E-state index contributed by atoms with van der Waals surface area (Å²) < 4.78 is 0. The maximum atomic E-state index is 3.18. The molecule has 0 aromatic carbocycles. The lowest BCUT2D eigenvalue weighted by molar-refractivity contribution is 0.761. The molecule has 0 aromatic rings. The molecule has 11 heavy (non-hydrogen) atoms. The van der Waals surface area contributed by atoms with E-state index < -0.39 is 0 Å². The van der Waals surface area contributed by atoms with Gasteiger partial charge in [-0.15, -0.1) is 0 Å². The highest BCUT2D eigenvalue weighted by atomic mass is 13.9. The van der Waals surface area contributed by atoms with E-state index in [0.29, 0.717) is 0 Å². The summed E-state index contributed by atoms with van der Waals surface area (Å²) in [7, 11) is 0. The van der Waals surface area contributed by atoms with E-state index in [-0.39, 0.29) is 0 Å². The topological polar surface area (TPSA) is 0 Å². The monoisotopic (exact) mass is 147 g/mol. The summed E-state index contributed by atoms with van der Waals surface area (Å²) in [6.45, 7) is 0. The van der Waals surface area contributed by atoms with Crippen molar-refractivity contribution in [3.05, 3.63) is 36.5 Å². The first-order valence-corrected chi connectivity index (χ1v) is 4.37. The SMILES string of the molecule is [C]1=C\C=C/CCCC/C=C\C/1. The molecule has 0 aliphatic heterocycles. The van der Waals surface area contributed by atoms with Gasteiger partial charge in [-0.2, -0.15) is 0 Å². The molecular formula is C11H15. The molecule has 0 saturated carbocycles. The third kappa shape index (κ3) is 4.60. The van der Waals surface area contributed by atoms with Gasteiger partial charge in [-0.05, 0) is 38.2 Å². The Kier molecular flexibility index (Phi) is 4.51. The smallest absolute Gasteiger partial charge is 0.00946 e. The zero-order valence-corrected chi connectivity index (χ0v) is 6.92. The Balaban J connectivity index is 2.35. The third-order valence-corrected chi connectivity index (χ3v) is 1.74. The summed E-state index contributed by atoms with van der Waals surface area (Å²) in [6.07, 6.45) is 20.0. The molecule has 0 fully saturated rings. The standard InChI is InChI=1S/C11H15/c1-2-4-6-8-10-11-9-7-5-3-1/h1-3,9,11H,4,6-8,10H2/b2-1-,5-3?,11-9-. The molecule has 1 rings (SSSR count). The summed E-state index contributed by atoms with van der Waals surface area (Å²) in [5.41, 5.74) is 0. The fraction of sp³-hybridized carbons (Fsp3) is 0.455. The molecule has 0 atom stereocenters. The molecule has 1 radical (unpaired) electrons. The normalized spacial score (nSPS) is 28.4. The summed E-state index contributed by atoms with van der Waals surface area (Å²) in [5, 5.41) is 0. The minimum atomic E-state index is 0.963. The first kappa shape index (κ1) is 8.32. The van der Waals surface area contributed by atoms with Crippen LogP contribution in [0.25, 0.3) is 0 Å². The Morgan fingerprint density at radius 3 is 2.64 bits per heavy atom. The fourth-order valence-corrected chi connectivity index (χ4v) is 1.09. The van der Waals surface area contributed by atoms with E-state index in [9.17, 15) is 0 Å². The van der Waals surface area contributed by atoms with Crippen LogP contribution < -0.4 is 0 Å². The van der Waals surface area contributed by atoms with Gasteiger partial charge in [0.2, 0.25) is 0 Å². The molecule has 0 unspecified atom stereocenters. The van der Waals surface area contributed by atoms with E-state index in [1.165, 1.54) is 25.7 Å². The second-order valence-electron chi connectivity index (χ2n) is 2.76. The van der Waals surface area contributed by atoms with Crippen LogP contribution in [0.1, 0.15) is 32.1 Å². The van der Waals surface area contributed by atoms with Crippen molar-refractivity contribution < 1.29 is 0 Å². The van der Waals surface area contributed by atoms with Gasteiger partial charge in [-0.25, -0.2) is 0 Å². The highest BCUT2D eigenvalue weighted by Gasteiger charge is 1.83. The molecule has 0 heteroatoms. The Hall–Kier alpha value is -0.780. The lowest BCUT2D eigenvalue weighted by Crippen LogP contribution is -1.71. The Morgan fingerprint density at radius 1 is 0.909 bits per heavy atom. The number of rotatable bonds is 0. The van der Waals surface area contributed by atoms with Crippen LogP contribution in [0, 0.1) is 6.08 Å².